The first kappa shape index (κ1) is 21.4. The Labute approximate surface area is 155 Å². The van der Waals surface area contributed by atoms with Crippen LogP contribution in [-0.4, -0.2) is 69.9 Å². The molecule has 1 aliphatic heterocycles. The molecular weight excluding hydrogens is 367 g/mol. The second kappa shape index (κ2) is 9.34. The number of carbonyl (C=O) groups is 1. The summed E-state index contributed by atoms with van der Waals surface area (Å²) in [6, 6.07) is 0.471. The molecule has 1 saturated carbocycles. The van der Waals surface area contributed by atoms with Crippen LogP contribution in [0.25, 0.3) is 0 Å². The van der Waals surface area contributed by atoms with E-state index in [1.165, 1.54) is 5.56 Å². The molecule has 152 valence electrons. The fourth-order valence-electron chi connectivity index (χ4n) is 3.35. The van der Waals surface area contributed by atoms with Crippen molar-refractivity contribution in [3.8, 4) is 0 Å². The van der Waals surface area contributed by atoms with Crippen LogP contribution in [0.3, 0.4) is 0 Å². The Morgan fingerprint density at radius 2 is 2.22 bits per heavy atom. The molecule has 0 unspecified atom stereocenters. The standard InChI is InChI=1S/C15H23N3O2.C2HF3O2/c1-3-7-19-14-5-4-13-15(14)20-8-6-18(13)11-12-9-16-17(2)10-12;3-2(4,5)1(6)7/h3,9-10,13-15H,1,4-8,11H2,2H3;(H,6,7)/t13-,14-,15-;/m0./s1. The normalized spacial score (nSPS) is 25.4. The van der Waals surface area contributed by atoms with Gasteiger partial charge in [-0.2, -0.15) is 18.3 Å². The van der Waals surface area contributed by atoms with Gasteiger partial charge in [-0.25, -0.2) is 4.79 Å². The Morgan fingerprint density at radius 3 is 2.78 bits per heavy atom. The predicted octanol–water partition coefficient (Wildman–Crippen LogP) is 1.99. The fourth-order valence-corrected chi connectivity index (χ4v) is 3.35. The van der Waals surface area contributed by atoms with Gasteiger partial charge >= 0.3 is 12.1 Å². The summed E-state index contributed by atoms with van der Waals surface area (Å²) in [5.41, 5.74) is 1.27. The zero-order valence-corrected chi connectivity index (χ0v) is 15.1. The first-order chi connectivity index (χ1) is 12.7. The average Bonchev–Trinajstić information content (AvgIpc) is 3.19. The van der Waals surface area contributed by atoms with Gasteiger partial charge in [-0.15, -0.1) is 6.58 Å². The van der Waals surface area contributed by atoms with Crippen LogP contribution in [0.15, 0.2) is 25.0 Å². The zero-order valence-electron chi connectivity index (χ0n) is 15.1. The lowest BCUT2D eigenvalue weighted by atomic mass is 10.1. The number of rotatable bonds is 5. The van der Waals surface area contributed by atoms with Gasteiger partial charge in [0.2, 0.25) is 0 Å². The minimum absolute atomic E-state index is 0.209. The van der Waals surface area contributed by atoms with Gasteiger partial charge in [0.05, 0.1) is 31.6 Å². The lowest BCUT2D eigenvalue weighted by molar-refractivity contribution is -0.192. The smallest absolute Gasteiger partial charge is 0.475 e. The number of hydrogen-bond donors (Lipinski definition) is 1. The van der Waals surface area contributed by atoms with E-state index in [1.54, 1.807) is 0 Å². The van der Waals surface area contributed by atoms with E-state index < -0.39 is 12.1 Å². The summed E-state index contributed by atoms with van der Waals surface area (Å²) in [5.74, 6) is -2.76. The third kappa shape index (κ3) is 6.05. The van der Waals surface area contributed by atoms with E-state index in [1.807, 2.05) is 24.0 Å². The molecule has 1 aromatic heterocycles. The van der Waals surface area contributed by atoms with Gasteiger partial charge in [0.25, 0.3) is 0 Å². The Balaban J connectivity index is 0.000000321. The predicted molar refractivity (Wildman–Crippen MR) is 90.0 cm³/mol. The molecule has 2 heterocycles. The Morgan fingerprint density at radius 1 is 1.52 bits per heavy atom. The molecule has 1 aliphatic carbocycles. The van der Waals surface area contributed by atoms with Gasteiger partial charge in [0.1, 0.15) is 0 Å². The maximum absolute atomic E-state index is 10.6. The van der Waals surface area contributed by atoms with E-state index in [4.69, 9.17) is 19.4 Å². The van der Waals surface area contributed by atoms with Crippen molar-refractivity contribution in [3.63, 3.8) is 0 Å². The summed E-state index contributed by atoms with van der Waals surface area (Å²) in [4.78, 5) is 11.4. The number of morpholine rings is 1. The van der Waals surface area contributed by atoms with Crippen molar-refractivity contribution in [2.24, 2.45) is 7.05 Å². The summed E-state index contributed by atoms with van der Waals surface area (Å²) < 4.78 is 45.4. The van der Waals surface area contributed by atoms with Crippen LogP contribution < -0.4 is 0 Å². The van der Waals surface area contributed by atoms with Crippen molar-refractivity contribution in [2.45, 2.75) is 43.8 Å². The second-order valence-electron chi connectivity index (χ2n) is 6.44. The van der Waals surface area contributed by atoms with Crippen LogP contribution >= 0.6 is 0 Å². The molecule has 1 aromatic rings. The molecule has 7 nitrogen and oxygen atoms in total. The number of aryl methyl sites for hydroxylation is 1. The van der Waals surface area contributed by atoms with Crippen LogP contribution in [-0.2, 0) is 27.9 Å². The van der Waals surface area contributed by atoms with E-state index in [2.05, 4.69) is 22.8 Å². The van der Waals surface area contributed by atoms with Gasteiger partial charge in [0.15, 0.2) is 0 Å². The molecule has 3 atom stereocenters. The number of carboxylic acid groups (broad SMARTS) is 1. The maximum atomic E-state index is 10.6. The van der Waals surface area contributed by atoms with Gasteiger partial charge in [-0.3, -0.25) is 9.58 Å². The number of halogens is 3. The molecule has 2 aliphatic rings. The third-order valence-electron chi connectivity index (χ3n) is 4.47. The highest BCUT2D eigenvalue weighted by molar-refractivity contribution is 5.73. The van der Waals surface area contributed by atoms with Crippen LogP contribution in [0.5, 0.6) is 0 Å². The molecule has 27 heavy (non-hydrogen) atoms. The number of aliphatic carboxylic acids is 1. The molecule has 10 heteroatoms. The highest BCUT2D eigenvalue weighted by Gasteiger charge is 2.43. The van der Waals surface area contributed by atoms with Crippen molar-refractivity contribution in [1.82, 2.24) is 14.7 Å². The number of nitrogens with zero attached hydrogens (tertiary/aromatic N) is 3. The largest absolute Gasteiger partial charge is 0.490 e. The van der Waals surface area contributed by atoms with E-state index in [0.717, 1.165) is 32.5 Å². The molecule has 0 aromatic carbocycles. The number of hydrogen-bond acceptors (Lipinski definition) is 5. The van der Waals surface area contributed by atoms with E-state index in [0.29, 0.717) is 12.6 Å². The summed E-state index contributed by atoms with van der Waals surface area (Å²) >= 11 is 0. The zero-order chi connectivity index (χ0) is 20.0. The highest BCUT2D eigenvalue weighted by Crippen LogP contribution is 2.32. The van der Waals surface area contributed by atoms with E-state index >= 15 is 0 Å². The third-order valence-corrected chi connectivity index (χ3v) is 4.47. The van der Waals surface area contributed by atoms with Crippen molar-refractivity contribution in [1.29, 1.82) is 0 Å². The van der Waals surface area contributed by atoms with Gasteiger partial charge in [-0.05, 0) is 12.8 Å². The molecule has 1 saturated heterocycles. The minimum atomic E-state index is -5.08. The fraction of sp³-hybridized carbons (Fsp3) is 0.647. The van der Waals surface area contributed by atoms with Crippen LogP contribution in [0, 0.1) is 0 Å². The summed E-state index contributed by atoms with van der Waals surface area (Å²) in [6.45, 7) is 7.05. The Bertz CT molecular complexity index is 635. The van der Waals surface area contributed by atoms with Crippen molar-refractivity contribution < 1.29 is 32.5 Å². The SMILES string of the molecule is C=CCO[C@H]1CC[C@H]2[C@@H]1OCCN2Cc1cnn(C)c1.O=C(O)C(F)(F)F. The number of fused-ring (bicyclic) bond motifs is 1. The van der Waals surface area contributed by atoms with Gasteiger partial charge < -0.3 is 14.6 Å². The molecular formula is C17H24F3N3O4. The Kier molecular flexibility index (Phi) is 7.40. The topological polar surface area (TPSA) is 76.8 Å². The summed E-state index contributed by atoms with van der Waals surface area (Å²) in [6.07, 6.45) is 3.41. The van der Waals surface area contributed by atoms with E-state index in [9.17, 15) is 13.2 Å². The van der Waals surface area contributed by atoms with Gasteiger partial charge in [-0.1, -0.05) is 6.08 Å². The summed E-state index contributed by atoms with van der Waals surface area (Å²) in [7, 11) is 1.96. The lowest BCUT2D eigenvalue weighted by Crippen LogP contribution is -2.51. The summed E-state index contributed by atoms with van der Waals surface area (Å²) in [5, 5.41) is 11.4. The number of carboxylic acids is 1. The van der Waals surface area contributed by atoms with Crippen molar-refractivity contribution in [2.75, 3.05) is 19.8 Å². The lowest BCUT2D eigenvalue weighted by Gasteiger charge is -2.38. The average molecular weight is 391 g/mol. The van der Waals surface area contributed by atoms with Crippen molar-refractivity contribution in [3.05, 3.63) is 30.6 Å². The van der Waals surface area contributed by atoms with Crippen LogP contribution in [0.2, 0.25) is 0 Å². The quantitative estimate of drug-likeness (QED) is 0.774. The number of ether oxygens (including phenoxy) is 2. The van der Waals surface area contributed by atoms with Crippen LogP contribution in [0.1, 0.15) is 18.4 Å². The second-order valence-corrected chi connectivity index (χ2v) is 6.44. The minimum Gasteiger partial charge on any atom is -0.475 e. The first-order valence-corrected chi connectivity index (χ1v) is 8.58. The van der Waals surface area contributed by atoms with Crippen molar-refractivity contribution >= 4 is 5.97 Å². The number of aromatic nitrogens is 2. The Hall–Kier alpha value is -1.91. The number of alkyl halides is 3. The molecule has 2 fully saturated rings. The van der Waals surface area contributed by atoms with E-state index in [-0.39, 0.29) is 12.2 Å². The first-order valence-electron chi connectivity index (χ1n) is 8.58. The molecule has 3 rings (SSSR count). The maximum Gasteiger partial charge on any atom is 0.490 e. The molecule has 0 amide bonds. The molecule has 0 bridgehead atoms. The monoisotopic (exact) mass is 391 g/mol. The molecule has 0 spiro atoms. The highest BCUT2D eigenvalue weighted by atomic mass is 19.4. The van der Waals surface area contributed by atoms with Crippen LogP contribution in [0.4, 0.5) is 13.2 Å². The van der Waals surface area contributed by atoms with Gasteiger partial charge in [0, 0.05) is 37.9 Å². The molecule has 1 N–H and O–H groups in total. The molecule has 0 radical (unpaired) electrons.